The molecule has 6 heteroatoms. The van der Waals surface area contributed by atoms with Crippen LogP contribution in [0.3, 0.4) is 0 Å². The summed E-state index contributed by atoms with van der Waals surface area (Å²) in [6.07, 6.45) is 0. The number of methoxy groups -OCH3 is 1. The average Bonchev–Trinajstić information content (AvgIpc) is 2.73. The highest BCUT2D eigenvalue weighted by atomic mass is 16.5. The molecule has 0 aliphatic carbocycles. The van der Waals surface area contributed by atoms with Crippen molar-refractivity contribution < 1.29 is 18.7 Å². The molecule has 1 N–H and O–H groups in total. The number of hydrogen-bond acceptors (Lipinski definition) is 5. The van der Waals surface area contributed by atoms with E-state index in [2.05, 4.69) is 5.32 Å². The fourth-order valence-corrected chi connectivity index (χ4v) is 3.20. The first kappa shape index (κ1) is 20.3. The third kappa shape index (κ3) is 3.92. The van der Waals surface area contributed by atoms with E-state index >= 15 is 0 Å². The third-order valence-corrected chi connectivity index (χ3v) is 4.83. The lowest BCUT2D eigenvalue weighted by atomic mass is 10.0. The Labute approximate surface area is 168 Å². The summed E-state index contributed by atoms with van der Waals surface area (Å²) in [4.78, 5) is 37.9. The molecule has 1 amide bonds. The Kier molecular flexibility index (Phi) is 5.82. The molecular weight excluding hydrogens is 370 g/mol. The van der Waals surface area contributed by atoms with Gasteiger partial charge in [-0.1, -0.05) is 50.2 Å². The number of rotatable bonds is 5. The van der Waals surface area contributed by atoms with Crippen LogP contribution >= 0.6 is 0 Å². The summed E-state index contributed by atoms with van der Waals surface area (Å²) in [5.74, 6) is -0.797. The van der Waals surface area contributed by atoms with E-state index in [1.54, 1.807) is 25.1 Å². The number of hydrogen-bond donors (Lipinski definition) is 1. The highest BCUT2D eigenvalue weighted by Gasteiger charge is 2.27. The normalized spacial score (nSPS) is 12.0. The maximum atomic E-state index is 13.0. The number of esters is 1. The van der Waals surface area contributed by atoms with E-state index in [0.29, 0.717) is 16.7 Å². The second kappa shape index (κ2) is 8.31. The van der Waals surface area contributed by atoms with E-state index in [9.17, 15) is 14.4 Å². The molecule has 29 heavy (non-hydrogen) atoms. The smallest absolute Gasteiger partial charge is 0.328 e. The molecule has 0 saturated heterocycles. The minimum absolute atomic E-state index is 0.171. The van der Waals surface area contributed by atoms with Crippen molar-refractivity contribution in [1.29, 1.82) is 0 Å². The molecule has 150 valence electrons. The van der Waals surface area contributed by atoms with Crippen LogP contribution in [0.5, 0.6) is 0 Å². The zero-order valence-electron chi connectivity index (χ0n) is 16.8. The van der Waals surface area contributed by atoms with Gasteiger partial charge in [-0.25, -0.2) is 4.79 Å². The molecule has 1 aromatic heterocycles. The lowest BCUT2D eigenvalue weighted by molar-refractivity contribution is -0.144. The van der Waals surface area contributed by atoms with Gasteiger partial charge in [0.2, 0.25) is 0 Å². The fourth-order valence-electron chi connectivity index (χ4n) is 3.20. The predicted molar refractivity (Wildman–Crippen MR) is 111 cm³/mol. The van der Waals surface area contributed by atoms with Crippen LogP contribution in [0.2, 0.25) is 0 Å². The van der Waals surface area contributed by atoms with Crippen LogP contribution in [0.15, 0.2) is 57.7 Å². The highest BCUT2D eigenvalue weighted by molar-refractivity contribution is 6.06. The van der Waals surface area contributed by atoms with E-state index in [1.165, 1.54) is 7.11 Å². The Morgan fingerprint density at radius 2 is 1.72 bits per heavy atom. The van der Waals surface area contributed by atoms with Gasteiger partial charge in [0.05, 0.1) is 18.1 Å². The quantitative estimate of drug-likeness (QED) is 0.668. The topological polar surface area (TPSA) is 85.6 Å². The molecule has 2 aromatic carbocycles. The van der Waals surface area contributed by atoms with Crippen LogP contribution in [0.1, 0.15) is 29.8 Å². The van der Waals surface area contributed by atoms with Crippen LogP contribution < -0.4 is 10.7 Å². The standard InChI is InChI=1S/C23H23NO5/c1-13(2)18(23(27)28-4)24-22(26)17-12-8-11-16-19(25)14(3)20(29-21(16)17)15-9-6-5-7-10-15/h5-13,18H,1-4H3,(H,24,26). The number of nitrogens with one attached hydrogen (secondary N) is 1. The Morgan fingerprint density at radius 1 is 1.03 bits per heavy atom. The van der Waals surface area contributed by atoms with Gasteiger partial charge in [-0.15, -0.1) is 0 Å². The van der Waals surface area contributed by atoms with Gasteiger partial charge in [-0.05, 0) is 25.0 Å². The van der Waals surface area contributed by atoms with Crippen LogP contribution in [-0.2, 0) is 9.53 Å². The van der Waals surface area contributed by atoms with E-state index < -0.39 is 17.9 Å². The van der Waals surface area contributed by atoms with E-state index in [0.717, 1.165) is 5.56 Å². The first-order valence-corrected chi connectivity index (χ1v) is 9.35. The summed E-state index contributed by atoms with van der Waals surface area (Å²) in [7, 11) is 1.27. The second-order valence-corrected chi connectivity index (χ2v) is 7.15. The van der Waals surface area contributed by atoms with Crippen molar-refractivity contribution in [2.45, 2.75) is 26.8 Å². The van der Waals surface area contributed by atoms with Crippen molar-refractivity contribution in [1.82, 2.24) is 5.32 Å². The first-order chi connectivity index (χ1) is 13.8. The molecule has 0 bridgehead atoms. The summed E-state index contributed by atoms with van der Waals surface area (Å²) in [6.45, 7) is 5.32. The number of para-hydroxylation sites is 1. The van der Waals surface area contributed by atoms with Gasteiger partial charge in [-0.2, -0.15) is 0 Å². The summed E-state index contributed by atoms with van der Waals surface area (Å²) < 4.78 is 10.8. The Hall–Kier alpha value is -3.41. The first-order valence-electron chi connectivity index (χ1n) is 9.35. The SMILES string of the molecule is COC(=O)C(NC(=O)c1cccc2c(=O)c(C)c(-c3ccccc3)oc12)C(C)C. The minimum Gasteiger partial charge on any atom is -0.467 e. The van der Waals surface area contributed by atoms with E-state index in [1.807, 2.05) is 44.2 Å². The molecule has 0 saturated carbocycles. The molecule has 0 spiro atoms. The lowest BCUT2D eigenvalue weighted by Gasteiger charge is -2.20. The zero-order valence-corrected chi connectivity index (χ0v) is 16.8. The molecule has 0 aliphatic heterocycles. The van der Waals surface area contributed by atoms with E-state index in [-0.39, 0.29) is 22.5 Å². The molecule has 1 atom stereocenters. The monoisotopic (exact) mass is 393 g/mol. The van der Waals surface area contributed by atoms with Gasteiger partial charge in [0.1, 0.15) is 11.8 Å². The number of amides is 1. The van der Waals surface area contributed by atoms with Gasteiger partial charge in [0.25, 0.3) is 5.91 Å². The van der Waals surface area contributed by atoms with Gasteiger partial charge >= 0.3 is 5.97 Å². The minimum atomic E-state index is -0.812. The fraction of sp³-hybridized carbons (Fsp3) is 0.261. The van der Waals surface area contributed by atoms with Crippen molar-refractivity contribution in [2.75, 3.05) is 7.11 Å². The van der Waals surface area contributed by atoms with Crippen LogP contribution in [-0.4, -0.2) is 25.0 Å². The number of ether oxygens (including phenoxy) is 1. The predicted octanol–water partition coefficient (Wildman–Crippen LogP) is 3.70. The van der Waals surface area contributed by atoms with Gasteiger partial charge in [0.15, 0.2) is 11.0 Å². The van der Waals surface area contributed by atoms with Gasteiger partial charge < -0.3 is 14.5 Å². The lowest BCUT2D eigenvalue weighted by Crippen LogP contribution is -2.45. The van der Waals surface area contributed by atoms with Crippen LogP contribution in [0, 0.1) is 12.8 Å². The van der Waals surface area contributed by atoms with Crippen molar-refractivity contribution in [2.24, 2.45) is 5.92 Å². The Bertz CT molecular complexity index is 1120. The van der Waals surface area contributed by atoms with Crippen molar-refractivity contribution in [3.63, 3.8) is 0 Å². The van der Waals surface area contributed by atoms with Crippen LogP contribution in [0.25, 0.3) is 22.3 Å². The maximum Gasteiger partial charge on any atom is 0.328 e. The van der Waals surface area contributed by atoms with E-state index in [4.69, 9.17) is 9.15 Å². The molecule has 0 fully saturated rings. The molecule has 0 aliphatic rings. The molecule has 3 rings (SSSR count). The van der Waals surface area contributed by atoms with Crippen molar-refractivity contribution in [3.05, 3.63) is 69.9 Å². The van der Waals surface area contributed by atoms with Crippen LogP contribution in [0.4, 0.5) is 0 Å². The molecule has 6 nitrogen and oxygen atoms in total. The molecular formula is C23H23NO5. The number of carbonyl (C=O) groups excluding carboxylic acids is 2. The van der Waals surface area contributed by atoms with Crippen molar-refractivity contribution in [3.8, 4) is 11.3 Å². The molecule has 3 aromatic rings. The number of fused-ring (bicyclic) bond motifs is 1. The summed E-state index contributed by atoms with van der Waals surface area (Å²) in [5.41, 5.74) is 1.39. The van der Waals surface area contributed by atoms with Gasteiger partial charge in [0, 0.05) is 11.1 Å². The zero-order chi connectivity index (χ0) is 21.1. The average molecular weight is 393 g/mol. The summed E-state index contributed by atoms with van der Waals surface area (Å²) in [6, 6.07) is 13.3. The largest absolute Gasteiger partial charge is 0.467 e. The number of benzene rings is 2. The highest BCUT2D eigenvalue weighted by Crippen LogP contribution is 2.27. The Morgan fingerprint density at radius 3 is 2.34 bits per heavy atom. The van der Waals surface area contributed by atoms with Crippen molar-refractivity contribution >= 4 is 22.8 Å². The summed E-state index contributed by atoms with van der Waals surface area (Å²) in [5, 5.41) is 3.01. The molecule has 1 unspecified atom stereocenters. The molecule has 0 radical (unpaired) electrons. The maximum absolute atomic E-state index is 13.0. The summed E-state index contributed by atoms with van der Waals surface area (Å²) >= 11 is 0. The Balaban J connectivity index is 2.14. The third-order valence-electron chi connectivity index (χ3n) is 4.83. The van der Waals surface area contributed by atoms with Gasteiger partial charge in [-0.3, -0.25) is 9.59 Å². The molecule has 1 heterocycles. The second-order valence-electron chi connectivity index (χ2n) is 7.15. The number of carbonyl (C=O) groups is 2.